The molecule has 3 aromatic rings. The van der Waals surface area contributed by atoms with E-state index in [1.165, 1.54) is 16.8 Å². The Hall–Kier alpha value is -3.50. The molecular formula is C22H18F5N3O3. The number of aromatic nitrogens is 2. The maximum absolute atomic E-state index is 13.5. The van der Waals surface area contributed by atoms with E-state index in [-0.39, 0.29) is 23.5 Å². The molecule has 0 radical (unpaired) electrons. The van der Waals surface area contributed by atoms with Gasteiger partial charge in [-0.3, -0.25) is 0 Å². The molecule has 0 fully saturated rings. The highest BCUT2D eigenvalue weighted by atomic mass is 19.4. The van der Waals surface area contributed by atoms with Crippen molar-refractivity contribution in [3.8, 4) is 22.9 Å². The Labute approximate surface area is 184 Å². The Balaban J connectivity index is 1.42. The summed E-state index contributed by atoms with van der Waals surface area (Å²) in [6, 6.07) is 10.8. The number of nitrogens with zero attached hydrogens (tertiary/aromatic N) is 2. The van der Waals surface area contributed by atoms with Gasteiger partial charge in [-0.15, -0.1) is 8.78 Å². The fourth-order valence-corrected chi connectivity index (χ4v) is 3.93. The van der Waals surface area contributed by atoms with Crippen LogP contribution in [0.15, 0.2) is 42.5 Å². The standard InChI is InChI=1S/C22H18F5N3O3/c1-12(13-7-8-17-18(10-13)33-22(26,27)32-17)31-15-5-2-4-14(11-15)30-20-16(6-3-9-28-20)19(29-30)21(23,24)25/h2,4-5,7-8,10-12,28H,3,6,9H2,1H3. The molecule has 2 aliphatic heterocycles. The van der Waals surface area contributed by atoms with Crippen molar-refractivity contribution in [3.05, 3.63) is 59.3 Å². The molecule has 11 heteroatoms. The number of hydrogen-bond acceptors (Lipinski definition) is 5. The summed E-state index contributed by atoms with van der Waals surface area (Å²) in [6.07, 6.45) is -7.98. The van der Waals surface area contributed by atoms with Gasteiger partial charge in [-0.2, -0.15) is 18.3 Å². The van der Waals surface area contributed by atoms with Crippen LogP contribution in [0.3, 0.4) is 0 Å². The van der Waals surface area contributed by atoms with Gasteiger partial charge in [0, 0.05) is 18.2 Å². The normalized spacial score (nSPS) is 17.3. The fraction of sp³-hybridized carbons (Fsp3) is 0.318. The van der Waals surface area contributed by atoms with Crippen LogP contribution in [0, 0.1) is 0 Å². The van der Waals surface area contributed by atoms with E-state index in [2.05, 4.69) is 19.9 Å². The first-order valence-electron chi connectivity index (χ1n) is 10.2. The third-order valence-electron chi connectivity index (χ3n) is 5.42. The summed E-state index contributed by atoms with van der Waals surface area (Å²) in [5.74, 6) is 0.511. The molecule has 0 amide bonds. The third kappa shape index (κ3) is 4.03. The molecule has 33 heavy (non-hydrogen) atoms. The van der Waals surface area contributed by atoms with Gasteiger partial charge in [0.05, 0.1) is 5.69 Å². The Morgan fingerprint density at radius 3 is 2.70 bits per heavy atom. The van der Waals surface area contributed by atoms with Crippen molar-refractivity contribution in [2.45, 2.75) is 38.3 Å². The van der Waals surface area contributed by atoms with E-state index in [1.807, 2.05) is 0 Å². The Bertz CT molecular complexity index is 1210. The van der Waals surface area contributed by atoms with Crippen LogP contribution in [0.2, 0.25) is 0 Å². The maximum atomic E-state index is 13.5. The molecule has 174 valence electrons. The van der Waals surface area contributed by atoms with E-state index in [9.17, 15) is 22.0 Å². The first-order chi connectivity index (χ1) is 15.6. The van der Waals surface area contributed by atoms with Crippen LogP contribution in [0.1, 0.15) is 36.3 Å². The van der Waals surface area contributed by atoms with Gasteiger partial charge < -0.3 is 19.5 Å². The summed E-state index contributed by atoms with van der Waals surface area (Å²) < 4.78 is 83.0. The second-order valence-electron chi connectivity index (χ2n) is 7.75. The minimum atomic E-state index is -4.56. The maximum Gasteiger partial charge on any atom is 0.586 e. The van der Waals surface area contributed by atoms with Crippen molar-refractivity contribution in [3.63, 3.8) is 0 Å². The Kier molecular flexibility index (Phi) is 4.87. The second-order valence-corrected chi connectivity index (χ2v) is 7.75. The highest BCUT2D eigenvalue weighted by molar-refractivity contribution is 5.56. The van der Waals surface area contributed by atoms with Gasteiger partial charge in [0.25, 0.3) is 0 Å². The predicted molar refractivity (Wildman–Crippen MR) is 107 cm³/mol. The first kappa shape index (κ1) is 21.4. The molecule has 1 aromatic heterocycles. The molecule has 3 heterocycles. The number of fused-ring (bicyclic) bond motifs is 2. The molecule has 1 N–H and O–H groups in total. The lowest BCUT2D eigenvalue weighted by molar-refractivity contribution is -0.286. The molecule has 2 aromatic carbocycles. The molecule has 6 nitrogen and oxygen atoms in total. The van der Waals surface area contributed by atoms with Gasteiger partial charge in [0.15, 0.2) is 17.2 Å². The first-order valence-corrected chi connectivity index (χ1v) is 10.2. The lowest BCUT2D eigenvalue weighted by Gasteiger charge is -2.18. The lowest BCUT2D eigenvalue weighted by atomic mass is 10.1. The van der Waals surface area contributed by atoms with Crippen molar-refractivity contribution in [1.82, 2.24) is 9.78 Å². The number of nitrogens with one attached hydrogen (secondary N) is 1. The summed E-state index contributed by atoms with van der Waals surface area (Å²) in [6.45, 7) is 2.26. The van der Waals surface area contributed by atoms with E-state index in [0.29, 0.717) is 35.8 Å². The Morgan fingerprint density at radius 2 is 1.91 bits per heavy atom. The Morgan fingerprint density at radius 1 is 1.12 bits per heavy atom. The molecule has 0 bridgehead atoms. The van der Waals surface area contributed by atoms with E-state index in [4.69, 9.17) is 4.74 Å². The smallest absolute Gasteiger partial charge is 0.486 e. The van der Waals surface area contributed by atoms with Crippen LogP contribution in [0.5, 0.6) is 17.2 Å². The number of ether oxygens (including phenoxy) is 3. The van der Waals surface area contributed by atoms with E-state index in [0.717, 1.165) is 0 Å². The van der Waals surface area contributed by atoms with Crippen LogP contribution in [-0.4, -0.2) is 22.6 Å². The molecule has 1 unspecified atom stereocenters. The molecule has 0 aliphatic carbocycles. The lowest BCUT2D eigenvalue weighted by Crippen LogP contribution is -2.25. The second kappa shape index (κ2) is 7.53. The zero-order valence-electron chi connectivity index (χ0n) is 17.2. The summed E-state index contributed by atoms with van der Waals surface area (Å²) >= 11 is 0. The molecule has 2 aliphatic rings. The van der Waals surface area contributed by atoms with E-state index < -0.39 is 24.3 Å². The SMILES string of the molecule is CC(Oc1cccc(-n2nc(C(F)(F)F)c3c2NCCC3)c1)c1ccc2c(c1)OC(F)(F)O2. The topological polar surface area (TPSA) is 57.5 Å². The number of benzene rings is 2. The average Bonchev–Trinajstić information content (AvgIpc) is 3.29. The molecule has 1 atom stereocenters. The summed E-state index contributed by atoms with van der Waals surface area (Å²) in [4.78, 5) is 0. The van der Waals surface area contributed by atoms with Gasteiger partial charge in [-0.1, -0.05) is 12.1 Å². The van der Waals surface area contributed by atoms with Gasteiger partial charge >= 0.3 is 12.5 Å². The van der Waals surface area contributed by atoms with Crippen LogP contribution < -0.4 is 19.5 Å². The summed E-state index contributed by atoms with van der Waals surface area (Å²) in [7, 11) is 0. The highest BCUT2D eigenvalue weighted by Crippen LogP contribution is 2.43. The largest absolute Gasteiger partial charge is 0.586 e. The quantitative estimate of drug-likeness (QED) is 0.498. The molecular weight excluding hydrogens is 449 g/mol. The van der Waals surface area contributed by atoms with Gasteiger partial charge in [-0.05, 0) is 49.6 Å². The molecule has 0 saturated carbocycles. The van der Waals surface area contributed by atoms with Gasteiger partial charge in [0.1, 0.15) is 17.7 Å². The molecule has 5 rings (SSSR count). The monoisotopic (exact) mass is 467 g/mol. The van der Waals surface area contributed by atoms with Crippen molar-refractivity contribution < 1.29 is 36.2 Å². The average molecular weight is 467 g/mol. The fourth-order valence-electron chi connectivity index (χ4n) is 3.93. The number of halogens is 5. The van der Waals surface area contributed by atoms with Crippen molar-refractivity contribution in [2.24, 2.45) is 0 Å². The van der Waals surface area contributed by atoms with Crippen molar-refractivity contribution in [2.75, 3.05) is 11.9 Å². The van der Waals surface area contributed by atoms with E-state index in [1.54, 1.807) is 37.3 Å². The van der Waals surface area contributed by atoms with E-state index >= 15 is 0 Å². The number of anilines is 1. The molecule has 0 saturated heterocycles. The summed E-state index contributed by atoms with van der Waals surface area (Å²) in [5, 5.41) is 6.85. The number of alkyl halides is 5. The van der Waals surface area contributed by atoms with Crippen molar-refractivity contribution in [1.29, 1.82) is 0 Å². The highest BCUT2D eigenvalue weighted by Gasteiger charge is 2.43. The van der Waals surface area contributed by atoms with Crippen LogP contribution in [0.4, 0.5) is 27.8 Å². The van der Waals surface area contributed by atoms with Gasteiger partial charge in [-0.25, -0.2) is 4.68 Å². The van der Waals surface area contributed by atoms with Gasteiger partial charge in [0.2, 0.25) is 0 Å². The minimum Gasteiger partial charge on any atom is -0.486 e. The van der Waals surface area contributed by atoms with Crippen LogP contribution >= 0.6 is 0 Å². The third-order valence-corrected chi connectivity index (χ3v) is 5.42. The summed E-state index contributed by atoms with van der Waals surface area (Å²) in [5.41, 5.74) is 0.191. The molecule has 0 spiro atoms. The van der Waals surface area contributed by atoms with Crippen LogP contribution in [0.25, 0.3) is 5.69 Å². The zero-order chi connectivity index (χ0) is 23.4. The predicted octanol–water partition coefficient (Wildman–Crippen LogP) is 5.71. The number of rotatable bonds is 4. The number of hydrogen-bond donors (Lipinski definition) is 1. The van der Waals surface area contributed by atoms with Crippen LogP contribution in [-0.2, 0) is 12.6 Å². The minimum absolute atomic E-state index is 0.0747. The van der Waals surface area contributed by atoms with Crippen molar-refractivity contribution >= 4 is 5.82 Å². The zero-order valence-corrected chi connectivity index (χ0v) is 17.2.